The van der Waals surface area contributed by atoms with Gasteiger partial charge in [-0.1, -0.05) is 0 Å². The number of hydrogen-bond acceptors (Lipinski definition) is 4. The first-order valence-corrected chi connectivity index (χ1v) is 8.90. The van der Waals surface area contributed by atoms with Crippen molar-refractivity contribution in [3.05, 3.63) is 0 Å². The number of nitrogens with one attached hydrogen (secondary N) is 2. The zero-order valence-electron chi connectivity index (χ0n) is 15.8. The fourth-order valence-corrected chi connectivity index (χ4v) is 3.02. The van der Waals surface area contributed by atoms with Crippen molar-refractivity contribution < 1.29 is 14.3 Å². The van der Waals surface area contributed by atoms with Crippen molar-refractivity contribution in [1.82, 2.24) is 20.4 Å². The SMILES string of the molecule is CN(C)C(=O)CN=C(NCC(=O)N(C)C)NC1CCOC2(CCC2)C1. The van der Waals surface area contributed by atoms with Gasteiger partial charge in [-0.05, 0) is 32.1 Å². The maximum Gasteiger partial charge on any atom is 0.243 e. The third kappa shape index (κ3) is 5.59. The van der Waals surface area contributed by atoms with Gasteiger partial charge in [0.25, 0.3) is 0 Å². The van der Waals surface area contributed by atoms with Crippen molar-refractivity contribution in [2.45, 2.75) is 43.7 Å². The zero-order valence-corrected chi connectivity index (χ0v) is 15.8. The highest BCUT2D eigenvalue weighted by atomic mass is 16.5. The number of rotatable bonds is 5. The molecule has 0 bridgehead atoms. The minimum Gasteiger partial charge on any atom is -0.375 e. The Kier molecular flexibility index (Phi) is 6.64. The molecule has 0 aromatic carbocycles. The summed E-state index contributed by atoms with van der Waals surface area (Å²) >= 11 is 0. The van der Waals surface area contributed by atoms with Crippen molar-refractivity contribution in [3.63, 3.8) is 0 Å². The van der Waals surface area contributed by atoms with Crippen LogP contribution in [0.15, 0.2) is 4.99 Å². The van der Waals surface area contributed by atoms with E-state index in [1.54, 1.807) is 28.2 Å². The molecule has 142 valence electrons. The summed E-state index contributed by atoms with van der Waals surface area (Å²) in [5, 5.41) is 6.43. The second-order valence-electron chi connectivity index (χ2n) is 7.31. The maximum absolute atomic E-state index is 11.8. The predicted octanol–water partition coefficient (Wildman–Crippen LogP) is -0.200. The Morgan fingerprint density at radius 3 is 2.40 bits per heavy atom. The fraction of sp³-hybridized carbons (Fsp3) is 0.824. The average Bonchev–Trinajstić information content (AvgIpc) is 2.55. The van der Waals surface area contributed by atoms with Gasteiger partial charge in [-0.25, -0.2) is 4.99 Å². The van der Waals surface area contributed by atoms with Gasteiger partial charge >= 0.3 is 0 Å². The van der Waals surface area contributed by atoms with Crippen molar-refractivity contribution in [2.24, 2.45) is 4.99 Å². The topological polar surface area (TPSA) is 86.3 Å². The zero-order chi connectivity index (χ0) is 18.4. The summed E-state index contributed by atoms with van der Waals surface area (Å²) in [5.41, 5.74) is 0.0277. The quantitative estimate of drug-likeness (QED) is 0.528. The predicted molar refractivity (Wildman–Crippen MR) is 96.4 cm³/mol. The van der Waals surface area contributed by atoms with E-state index in [0.717, 1.165) is 32.3 Å². The van der Waals surface area contributed by atoms with Crippen LogP contribution >= 0.6 is 0 Å². The first-order chi connectivity index (χ1) is 11.8. The van der Waals surface area contributed by atoms with E-state index in [0.29, 0.717) is 5.96 Å². The number of hydrogen-bond donors (Lipinski definition) is 2. The van der Waals surface area contributed by atoms with Crippen molar-refractivity contribution in [3.8, 4) is 0 Å². The molecule has 1 aliphatic carbocycles. The normalized spacial score (nSPS) is 22.1. The molecule has 0 radical (unpaired) electrons. The number of ether oxygens (including phenoxy) is 1. The van der Waals surface area contributed by atoms with Gasteiger partial charge in [-0.15, -0.1) is 0 Å². The van der Waals surface area contributed by atoms with E-state index < -0.39 is 0 Å². The van der Waals surface area contributed by atoms with Gasteiger partial charge < -0.3 is 25.2 Å². The van der Waals surface area contributed by atoms with Gasteiger partial charge in [0.05, 0.1) is 12.1 Å². The van der Waals surface area contributed by atoms with Crippen LogP contribution in [0.25, 0.3) is 0 Å². The first kappa shape index (κ1) is 19.5. The molecular formula is C17H31N5O3. The summed E-state index contributed by atoms with van der Waals surface area (Å²) in [7, 11) is 6.82. The Labute approximate surface area is 150 Å². The van der Waals surface area contributed by atoms with E-state index in [-0.39, 0.29) is 36.5 Å². The number of guanidine groups is 1. The summed E-state index contributed by atoms with van der Waals surface area (Å²) in [6.45, 7) is 0.925. The summed E-state index contributed by atoms with van der Waals surface area (Å²) in [4.78, 5) is 31.0. The van der Waals surface area contributed by atoms with Crippen LogP contribution in [0.2, 0.25) is 0 Å². The number of carbonyl (C=O) groups is 2. The Morgan fingerprint density at radius 2 is 1.84 bits per heavy atom. The molecule has 1 atom stereocenters. The van der Waals surface area contributed by atoms with Crippen LogP contribution in [0.5, 0.6) is 0 Å². The van der Waals surface area contributed by atoms with E-state index in [2.05, 4.69) is 15.6 Å². The van der Waals surface area contributed by atoms with Crippen LogP contribution in [0.4, 0.5) is 0 Å². The van der Waals surface area contributed by atoms with E-state index in [1.807, 2.05) is 0 Å². The molecule has 8 heteroatoms. The van der Waals surface area contributed by atoms with Crippen LogP contribution in [0.3, 0.4) is 0 Å². The molecule has 8 nitrogen and oxygen atoms in total. The highest BCUT2D eigenvalue weighted by Gasteiger charge is 2.42. The summed E-state index contributed by atoms with van der Waals surface area (Å²) in [6, 6.07) is 0.240. The second-order valence-corrected chi connectivity index (χ2v) is 7.31. The van der Waals surface area contributed by atoms with Gasteiger partial charge in [0.15, 0.2) is 5.96 Å². The van der Waals surface area contributed by atoms with Crippen LogP contribution in [0.1, 0.15) is 32.1 Å². The standard InChI is InChI=1S/C17H31N5O3/c1-21(2)14(23)11-18-16(19-12-15(24)22(3)4)20-13-6-9-25-17(10-13)7-5-8-17/h13H,5-12H2,1-4H3,(H2,18,19,20). The number of carbonyl (C=O) groups excluding carboxylic acids is 2. The largest absolute Gasteiger partial charge is 0.375 e. The Morgan fingerprint density at radius 1 is 1.16 bits per heavy atom. The van der Waals surface area contributed by atoms with E-state index >= 15 is 0 Å². The molecule has 2 rings (SSSR count). The monoisotopic (exact) mass is 353 g/mol. The molecule has 1 saturated carbocycles. The molecule has 0 aromatic rings. The van der Waals surface area contributed by atoms with Crippen LogP contribution in [0, 0.1) is 0 Å². The summed E-state index contributed by atoms with van der Waals surface area (Å²) < 4.78 is 5.95. The smallest absolute Gasteiger partial charge is 0.243 e. The Hall–Kier alpha value is -1.83. The Bertz CT molecular complexity index is 514. The molecule has 0 aromatic heterocycles. The van der Waals surface area contributed by atoms with Crippen molar-refractivity contribution in [2.75, 3.05) is 47.9 Å². The number of amides is 2. The van der Waals surface area contributed by atoms with Crippen LogP contribution in [-0.4, -0.2) is 87.1 Å². The van der Waals surface area contributed by atoms with E-state index in [4.69, 9.17) is 4.74 Å². The minimum atomic E-state index is -0.0810. The Balaban J connectivity index is 1.96. The number of likely N-dealkylation sites (N-methyl/N-ethyl adjacent to an activating group) is 2. The lowest BCUT2D eigenvalue weighted by molar-refractivity contribution is -0.134. The van der Waals surface area contributed by atoms with Crippen molar-refractivity contribution >= 4 is 17.8 Å². The highest BCUT2D eigenvalue weighted by Crippen LogP contribution is 2.42. The lowest BCUT2D eigenvalue weighted by atomic mass is 9.74. The molecule has 2 amide bonds. The lowest BCUT2D eigenvalue weighted by Gasteiger charge is -2.47. The van der Waals surface area contributed by atoms with Gasteiger partial charge in [0.1, 0.15) is 6.54 Å². The third-order valence-electron chi connectivity index (χ3n) is 4.88. The second kappa shape index (κ2) is 8.51. The molecule has 25 heavy (non-hydrogen) atoms. The van der Waals surface area contributed by atoms with Gasteiger partial charge in [-0.2, -0.15) is 0 Å². The van der Waals surface area contributed by atoms with E-state index in [1.165, 1.54) is 16.2 Å². The third-order valence-corrected chi connectivity index (χ3v) is 4.88. The average molecular weight is 353 g/mol. The van der Waals surface area contributed by atoms with Crippen LogP contribution < -0.4 is 10.6 Å². The molecule has 1 spiro atoms. The number of nitrogens with zero attached hydrogens (tertiary/aromatic N) is 3. The van der Waals surface area contributed by atoms with E-state index in [9.17, 15) is 9.59 Å². The maximum atomic E-state index is 11.8. The molecular weight excluding hydrogens is 322 g/mol. The lowest BCUT2D eigenvalue weighted by Crippen LogP contribution is -2.54. The highest BCUT2D eigenvalue weighted by molar-refractivity contribution is 5.88. The first-order valence-electron chi connectivity index (χ1n) is 8.90. The molecule has 1 unspecified atom stereocenters. The van der Waals surface area contributed by atoms with Crippen molar-refractivity contribution in [1.29, 1.82) is 0 Å². The molecule has 2 fully saturated rings. The van der Waals surface area contributed by atoms with Gasteiger partial charge in [0, 0.05) is 40.8 Å². The molecule has 1 heterocycles. The minimum absolute atomic E-state index is 0.0277. The summed E-state index contributed by atoms with van der Waals surface area (Å²) in [6.07, 6.45) is 5.29. The van der Waals surface area contributed by atoms with Gasteiger partial charge in [-0.3, -0.25) is 9.59 Å². The van der Waals surface area contributed by atoms with Crippen LogP contribution in [-0.2, 0) is 14.3 Å². The molecule has 1 aliphatic heterocycles. The summed E-state index contributed by atoms with van der Waals surface area (Å²) in [5.74, 6) is 0.380. The molecule has 1 saturated heterocycles. The molecule has 2 N–H and O–H groups in total. The van der Waals surface area contributed by atoms with Gasteiger partial charge in [0.2, 0.25) is 11.8 Å². The molecule has 2 aliphatic rings. The number of aliphatic imine (C=N–C) groups is 1. The fourth-order valence-electron chi connectivity index (χ4n) is 3.02.